The average molecular weight is 1180 g/mol. The fourth-order valence-electron chi connectivity index (χ4n) is 9.67. The summed E-state index contributed by atoms with van der Waals surface area (Å²) in [5, 5.41) is 87.1. The van der Waals surface area contributed by atoms with Crippen LogP contribution in [0.5, 0.6) is 0 Å². The lowest BCUT2D eigenvalue weighted by Gasteiger charge is -2.46. The third-order valence-electron chi connectivity index (χ3n) is 14.8. The summed E-state index contributed by atoms with van der Waals surface area (Å²) in [5.74, 6) is -0.261. The topological polar surface area (TPSA) is 228 Å². The molecule has 2 aliphatic rings. The highest BCUT2D eigenvalue weighted by Gasteiger charge is 2.51. The Kier molecular flexibility index (Phi) is 48.4. The SMILES string of the molecule is CC/C=C\C/C=C\C/C=C\C/C=C\C/C=C\C/C=C\C/C=C\C/C=C\C/C=C\C/C=C\CCCCCCCCC(=O)NC(COC1OC(CO)C(OC2OC(CO)C(O)C(O)C2O)C(O)C1O)C(O)/C=C/CCCCCCCCCCCCC. The van der Waals surface area contributed by atoms with Gasteiger partial charge in [-0.3, -0.25) is 4.79 Å². The molecule has 0 aliphatic carbocycles. The Labute approximate surface area is 507 Å². The normalized spacial score (nSPS) is 24.6. The molecule has 0 aromatic rings. The van der Waals surface area contributed by atoms with Crippen molar-refractivity contribution in [1.82, 2.24) is 5.32 Å². The highest BCUT2D eigenvalue weighted by Crippen LogP contribution is 2.30. The van der Waals surface area contributed by atoms with Crippen LogP contribution in [0.15, 0.2) is 134 Å². The highest BCUT2D eigenvalue weighted by atomic mass is 16.7. The van der Waals surface area contributed by atoms with Gasteiger partial charge >= 0.3 is 0 Å². The van der Waals surface area contributed by atoms with Crippen molar-refractivity contribution in [2.75, 3.05) is 19.8 Å². The molecule has 14 nitrogen and oxygen atoms in total. The number of ether oxygens (including phenoxy) is 4. The van der Waals surface area contributed by atoms with E-state index in [1.54, 1.807) is 6.08 Å². The summed E-state index contributed by atoms with van der Waals surface area (Å²) < 4.78 is 22.8. The van der Waals surface area contributed by atoms with Gasteiger partial charge in [0.15, 0.2) is 12.6 Å². The molecule has 2 aliphatic heterocycles. The molecule has 84 heavy (non-hydrogen) atoms. The number of aliphatic hydroxyl groups excluding tert-OH is 8. The van der Waals surface area contributed by atoms with E-state index < -0.39 is 86.8 Å². The van der Waals surface area contributed by atoms with Gasteiger partial charge in [-0.15, -0.1) is 0 Å². The highest BCUT2D eigenvalue weighted by molar-refractivity contribution is 5.76. The summed E-state index contributed by atoms with van der Waals surface area (Å²) in [6.07, 6.45) is 62.1. The summed E-state index contributed by atoms with van der Waals surface area (Å²) in [4.78, 5) is 13.3. The lowest BCUT2D eigenvalue weighted by molar-refractivity contribution is -0.359. The van der Waals surface area contributed by atoms with Crippen LogP contribution in [-0.4, -0.2) is 140 Å². The number of carbonyl (C=O) groups excluding carboxylic acids is 1. The van der Waals surface area contributed by atoms with Crippen molar-refractivity contribution in [3.63, 3.8) is 0 Å². The Bertz CT molecular complexity index is 1920. The van der Waals surface area contributed by atoms with Gasteiger partial charge in [0.2, 0.25) is 5.91 Å². The molecule has 2 rings (SSSR count). The van der Waals surface area contributed by atoms with E-state index in [4.69, 9.17) is 18.9 Å². The van der Waals surface area contributed by atoms with Gasteiger partial charge in [-0.2, -0.15) is 0 Å². The van der Waals surface area contributed by atoms with E-state index in [1.807, 2.05) is 6.08 Å². The smallest absolute Gasteiger partial charge is 0.220 e. The van der Waals surface area contributed by atoms with Crippen LogP contribution in [0.25, 0.3) is 0 Å². The molecule has 0 aromatic heterocycles. The quantitative estimate of drug-likeness (QED) is 0.0204. The molecule has 0 saturated carbocycles. The standard InChI is InChI=1S/C70H115NO13/c1-3-5-7-9-11-13-15-17-18-19-20-21-22-23-24-25-26-27-28-29-30-31-32-33-34-35-36-37-38-39-40-42-44-46-48-50-52-54-62(75)71-58(59(74)53-51-49-47-45-43-41-16-14-12-10-8-6-4-2)57-81-69-67(80)65(78)68(61(56-73)83-69)84-70-66(79)64(77)63(76)60(55-72)82-70/h5,7,11,13,17-18,20-21,23-24,26-27,29-30,32-33,35-36,38-39,51,53,58-61,63-70,72-74,76-80H,3-4,6,8-10,12,14-16,19,22,25,28,31,34,37,40-50,52,54-57H2,1-2H3,(H,71,75)/b7-5-,13-11-,18-17-,21-20-,24-23-,27-26-,30-29-,33-32-,36-35-,39-38-,53-51+. The van der Waals surface area contributed by atoms with E-state index in [0.29, 0.717) is 6.42 Å². The fourth-order valence-corrected chi connectivity index (χ4v) is 9.67. The second kappa shape index (κ2) is 53.4. The summed E-state index contributed by atoms with van der Waals surface area (Å²) in [5.41, 5.74) is 0. The van der Waals surface area contributed by atoms with Gasteiger partial charge in [0.25, 0.3) is 0 Å². The van der Waals surface area contributed by atoms with E-state index in [0.717, 1.165) is 122 Å². The number of rotatable bonds is 50. The van der Waals surface area contributed by atoms with Crippen molar-refractivity contribution in [2.24, 2.45) is 0 Å². The van der Waals surface area contributed by atoms with Gasteiger partial charge in [0.05, 0.1) is 32.0 Å². The number of allylic oxidation sites excluding steroid dienone is 21. The lowest BCUT2D eigenvalue weighted by Crippen LogP contribution is -2.65. The number of unbranched alkanes of at least 4 members (excludes halogenated alkanes) is 17. The Morgan fingerprint density at radius 1 is 0.440 bits per heavy atom. The Morgan fingerprint density at radius 3 is 1.26 bits per heavy atom. The second-order valence-electron chi connectivity index (χ2n) is 22.2. The predicted molar refractivity (Wildman–Crippen MR) is 341 cm³/mol. The van der Waals surface area contributed by atoms with Crippen molar-refractivity contribution in [3.8, 4) is 0 Å². The minimum absolute atomic E-state index is 0.255. The number of carbonyl (C=O) groups is 1. The largest absolute Gasteiger partial charge is 0.394 e. The molecule has 0 spiro atoms. The molecule has 2 heterocycles. The van der Waals surface area contributed by atoms with Crippen LogP contribution in [0.4, 0.5) is 0 Å². The van der Waals surface area contributed by atoms with Gasteiger partial charge in [0, 0.05) is 6.42 Å². The van der Waals surface area contributed by atoms with Gasteiger partial charge in [-0.05, 0) is 96.3 Å². The lowest BCUT2D eigenvalue weighted by atomic mass is 9.97. The van der Waals surface area contributed by atoms with Gasteiger partial charge < -0.3 is 65.1 Å². The zero-order valence-corrected chi connectivity index (χ0v) is 51.6. The first-order chi connectivity index (χ1) is 41.1. The number of amides is 1. The number of hydrogen-bond acceptors (Lipinski definition) is 13. The fraction of sp³-hybridized carbons (Fsp3) is 0.671. The molecule has 0 aromatic carbocycles. The first-order valence-electron chi connectivity index (χ1n) is 32.4. The van der Waals surface area contributed by atoms with Crippen molar-refractivity contribution in [3.05, 3.63) is 134 Å². The third kappa shape index (κ3) is 37.6. The molecule has 0 radical (unpaired) electrons. The van der Waals surface area contributed by atoms with E-state index in [2.05, 4.69) is 141 Å². The van der Waals surface area contributed by atoms with E-state index in [1.165, 1.54) is 57.8 Å². The maximum Gasteiger partial charge on any atom is 0.220 e. The molecule has 2 saturated heterocycles. The van der Waals surface area contributed by atoms with E-state index in [9.17, 15) is 45.6 Å². The van der Waals surface area contributed by atoms with Crippen LogP contribution >= 0.6 is 0 Å². The van der Waals surface area contributed by atoms with Crippen molar-refractivity contribution >= 4 is 5.91 Å². The first-order valence-corrected chi connectivity index (χ1v) is 32.4. The monoisotopic (exact) mass is 1180 g/mol. The summed E-state index contributed by atoms with van der Waals surface area (Å²) in [6, 6.07) is -0.932. The minimum Gasteiger partial charge on any atom is -0.394 e. The van der Waals surface area contributed by atoms with Gasteiger partial charge in [-0.25, -0.2) is 0 Å². The number of aliphatic hydroxyl groups is 8. The van der Waals surface area contributed by atoms with Crippen LogP contribution in [0.3, 0.4) is 0 Å². The summed E-state index contributed by atoms with van der Waals surface area (Å²) in [7, 11) is 0. The Morgan fingerprint density at radius 2 is 0.821 bits per heavy atom. The van der Waals surface area contributed by atoms with E-state index in [-0.39, 0.29) is 18.9 Å². The first kappa shape index (κ1) is 76.2. The summed E-state index contributed by atoms with van der Waals surface area (Å²) >= 11 is 0. The third-order valence-corrected chi connectivity index (χ3v) is 14.8. The molecule has 0 bridgehead atoms. The maximum atomic E-state index is 13.3. The molecule has 478 valence electrons. The molecule has 9 N–H and O–H groups in total. The van der Waals surface area contributed by atoms with Gasteiger partial charge in [-0.1, -0.05) is 237 Å². The van der Waals surface area contributed by atoms with Crippen LogP contribution < -0.4 is 5.32 Å². The molecular weight excluding hydrogens is 1060 g/mol. The van der Waals surface area contributed by atoms with Crippen LogP contribution in [-0.2, 0) is 23.7 Å². The maximum absolute atomic E-state index is 13.3. The molecule has 1 amide bonds. The molecule has 14 heteroatoms. The Hall–Kier alpha value is -3.87. The van der Waals surface area contributed by atoms with Crippen molar-refractivity contribution in [1.29, 1.82) is 0 Å². The Balaban J connectivity index is 1.67. The van der Waals surface area contributed by atoms with Crippen molar-refractivity contribution in [2.45, 2.75) is 280 Å². The zero-order valence-electron chi connectivity index (χ0n) is 51.6. The summed E-state index contributed by atoms with van der Waals surface area (Å²) in [6.45, 7) is 2.64. The minimum atomic E-state index is -1.80. The van der Waals surface area contributed by atoms with E-state index >= 15 is 0 Å². The number of hydrogen-bond donors (Lipinski definition) is 9. The van der Waals surface area contributed by atoms with Crippen molar-refractivity contribution < 1.29 is 64.6 Å². The van der Waals surface area contributed by atoms with Crippen LogP contribution in [0.1, 0.15) is 206 Å². The molecule has 12 unspecified atom stereocenters. The zero-order chi connectivity index (χ0) is 60.9. The second-order valence-corrected chi connectivity index (χ2v) is 22.2. The molecular formula is C70H115NO13. The van der Waals surface area contributed by atoms with Gasteiger partial charge in [0.1, 0.15) is 48.8 Å². The predicted octanol–water partition coefficient (Wildman–Crippen LogP) is 12.3. The molecule has 2 fully saturated rings. The molecule has 12 atom stereocenters. The number of nitrogens with one attached hydrogen (secondary N) is 1. The van der Waals surface area contributed by atoms with Crippen LogP contribution in [0.2, 0.25) is 0 Å². The average Bonchev–Trinajstić information content (AvgIpc) is 2.58. The van der Waals surface area contributed by atoms with Crippen LogP contribution in [0, 0.1) is 0 Å².